The summed E-state index contributed by atoms with van der Waals surface area (Å²) in [5, 5.41) is 0. The minimum absolute atomic E-state index is 0.289. The molecular weight excluding hydrogens is 308 g/mol. The molecule has 2 rings (SSSR count). The van der Waals surface area contributed by atoms with Crippen molar-refractivity contribution < 1.29 is 14.3 Å². The highest BCUT2D eigenvalue weighted by Gasteiger charge is 2.34. The number of ether oxygens (including phenoxy) is 2. The van der Waals surface area contributed by atoms with Crippen molar-refractivity contribution in [1.82, 2.24) is 0 Å². The Morgan fingerprint density at radius 1 is 1.30 bits per heavy atom. The van der Waals surface area contributed by atoms with Gasteiger partial charge in [-0.25, -0.2) is 4.79 Å². The van der Waals surface area contributed by atoms with Crippen LogP contribution in [0, 0.1) is 13.8 Å². The highest BCUT2D eigenvalue weighted by molar-refractivity contribution is 7.12. The van der Waals surface area contributed by atoms with Crippen LogP contribution in [0.25, 0.3) is 5.57 Å². The summed E-state index contributed by atoms with van der Waals surface area (Å²) < 4.78 is 11.4. The molecule has 0 radical (unpaired) electrons. The predicted octanol–water partition coefficient (Wildman–Crippen LogP) is 5.35. The van der Waals surface area contributed by atoms with Gasteiger partial charge in [-0.1, -0.05) is 6.08 Å². The van der Waals surface area contributed by atoms with Crippen LogP contribution in [-0.2, 0) is 14.3 Å². The fraction of sp³-hybridized carbons (Fsp3) is 0.632. The minimum atomic E-state index is -0.656. The van der Waals surface area contributed by atoms with Crippen LogP contribution in [0.15, 0.2) is 6.08 Å². The van der Waals surface area contributed by atoms with Gasteiger partial charge in [-0.05, 0) is 71.9 Å². The van der Waals surface area contributed by atoms with Gasteiger partial charge in [0.25, 0.3) is 0 Å². The zero-order chi connectivity index (χ0) is 17.2. The zero-order valence-corrected chi connectivity index (χ0v) is 15.9. The lowest BCUT2D eigenvalue weighted by Gasteiger charge is -2.27. The van der Waals surface area contributed by atoms with Gasteiger partial charge in [0.05, 0.1) is 12.2 Å². The van der Waals surface area contributed by atoms with E-state index < -0.39 is 11.7 Å². The fourth-order valence-electron chi connectivity index (χ4n) is 3.11. The number of esters is 1. The monoisotopic (exact) mass is 336 g/mol. The molecule has 3 nitrogen and oxygen atoms in total. The van der Waals surface area contributed by atoms with Crippen LogP contribution < -0.4 is 0 Å². The number of carbonyl (C=O) groups excluding carboxylic acids is 1. The van der Waals surface area contributed by atoms with E-state index in [9.17, 15) is 4.79 Å². The second-order valence-corrected chi connectivity index (χ2v) is 8.42. The molecule has 0 aromatic carbocycles. The molecule has 0 saturated heterocycles. The smallest absolute Gasteiger partial charge is 0.340 e. The molecule has 1 heterocycles. The number of rotatable bonds is 5. The molecule has 128 valence electrons. The summed E-state index contributed by atoms with van der Waals surface area (Å²) in [6.07, 6.45) is 5.03. The predicted molar refractivity (Wildman–Crippen MR) is 95.8 cm³/mol. The maximum absolute atomic E-state index is 12.6. The first-order chi connectivity index (χ1) is 10.7. The summed E-state index contributed by atoms with van der Waals surface area (Å²) in [7, 11) is 0. The van der Waals surface area contributed by atoms with E-state index in [2.05, 4.69) is 19.9 Å². The Balaban J connectivity index is 2.51. The average molecular weight is 336 g/mol. The van der Waals surface area contributed by atoms with Crippen molar-refractivity contribution in [3.63, 3.8) is 0 Å². The highest BCUT2D eigenvalue weighted by atomic mass is 32.1. The van der Waals surface area contributed by atoms with Gasteiger partial charge in [-0.3, -0.25) is 0 Å². The number of hydrogen-bond acceptors (Lipinski definition) is 4. The number of carbonyl (C=O) groups is 1. The Hall–Kier alpha value is -1.13. The van der Waals surface area contributed by atoms with Gasteiger partial charge in [0.1, 0.15) is 0 Å². The highest BCUT2D eigenvalue weighted by Crippen LogP contribution is 2.43. The molecule has 0 fully saturated rings. The van der Waals surface area contributed by atoms with Crippen molar-refractivity contribution >= 4 is 22.9 Å². The van der Waals surface area contributed by atoms with Gasteiger partial charge in [-0.15, -0.1) is 11.3 Å². The number of hydrogen-bond donors (Lipinski definition) is 0. The normalized spacial score (nSPS) is 16.3. The van der Waals surface area contributed by atoms with Crippen molar-refractivity contribution in [2.75, 3.05) is 6.61 Å². The third-order valence-electron chi connectivity index (χ3n) is 3.90. The molecule has 0 bridgehead atoms. The van der Waals surface area contributed by atoms with Crippen molar-refractivity contribution in [3.8, 4) is 0 Å². The van der Waals surface area contributed by atoms with E-state index in [-0.39, 0.29) is 5.97 Å². The largest absolute Gasteiger partial charge is 0.464 e. The lowest BCUT2D eigenvalue weighted by Crippen LogP contribution is -2.29. The first-order valence-corrected chi connectivity index (χ1v) is 9.20. The summed E-state index contributed by atoms with van der Waals surface area (Å²) in [4.78, 5) is 15.0. The van der Waals surface area contributed by atoms with Gasteiger partial charge in [0.15, 0.2) is 6.10 Å². The van der Waals surface area contributed by atoms with Crippen molar-refractivity contribution in [2.24, 2.45) is 0 Å². The van der Waals surface area contributed by atoms with Crippen molar-refractivity contribution in [3.05, 3.63) is 27.0 Å². The molecule has 1 aliphatic rings. The Kier molecular flexibility index (Phi) is 5.69. The molecule has 4 heteroatoms. The van der Waals surface area contributed by atoms with E-state index >= 15 is 0 Å². The summed E-state index contributed by atoms with van der Waals surface area (Å²) in [6.45, 7) is 12.3. The van der Waals surface area contributed by atoms with Gasteiger partial charge < -0.3 is 9.47 Å². The second kappa shape index (κ2) is 7.18. The maximum Gasteiger partial charge on any atom is 0.340 e. The first-order valence-electron chi connectivity index (χ1n) is 8.38. The second-order valence-electron chi connectivity index (χ2n) is 6.99. The standard InChI is InChI=1S/C19H28O3S/c1-7-21-18(20)17(22-19(4,5)6)16-13(3)23-12(2)15(16)14-10-8-9-11-14/h10,17H,7-9,11H2,1-6H3. The van der Waals surface area contributed by atoms with E-state index in [0.29, 0.717) is 6.61 Å². The Morgan fingerprint density at radius 3 is 2.52 bits per heavy atom. The molecule has 0 saturated carbocycles. The van der Waals surface area contributed by atoms with Crippen molar-refractivity contribution in [2.45, 2.75) is 72.5 Å². The van der Waals surface area contributed by atoms with Crippen LogP contribution in [0.2, 0.25) is 0 Å². The summed E-state index contributed by atoms with van der Waals surface area (Å²) in [6, 6.07) is 0. The average Bonchev–Trinajstić information content (AvgIpc) is 3.03. The van der Waals surface area contributed by atoms with Crippen LogP contribution in [0.3, 0.4) is 0 Å². The minimum Gasteiger partial charge on any atom is -0.464 e. The molecule has 1 aromatic rings. The van der Waals surface area contributed by atoms with Crippen LogP contribution in [0.4, 0.5) is 0 Å². The lowest BCUT2D eigenvalue weighted by atomic mass is 9.95. The van der Waals surface area contributed by atoms with Crippen molar-refractivity contribution in [1.29, 1.82) is 0 Å². The van der Waals surface area contributed by atoms with Gasteiger partial charge in [-0.2, -0.15) is 0 Å². The van der Waals surface area contributed by atoms with Gasteiger partial charge in [0.2, 0.25) is 0 Å². The Bertz CT molecular complexity index is 605. The summed E-state index contributed by atoms with van der Waals surface area (Å²) in [5.41, 5.74) is 3.16. The first kappa shape index (κ1) is 18.2. The third kappa shape index (κ3) is 4.24. The van der Waals surface area contributed by atoms with Crippen LogP contribution in [0.1, 0.15) is 73.9 Å². The maximum atomic E-state index is 12.6. The molecule has 1 atom stereocenters. The quantitative estimate of drug-likeness (QED) is 0.680. The number of allylic oxidation sites excluding steroid dienone is 2. The molecule has 0 aliphatic heterocycles. The summed E-state index contributed by atoms with van der Waals surface area (Å²) >= 11 is 1.74. The van der Waals surface area contributed by atoms with Gasteiger partial charge >= 0.3 is 5.97 Å². The van der Waals surface area contributed by atoms with E-state index in [1.165, 1.54) is 22.4 Å². The Labute approximate surface area is 143 Å². The van der Waals surface area contributed by atoms with E-state index in [0.717, 1.165) is 23.3 Å². The van der Waals surface area contributed by atoms with E-state index in [1.807, 2.05) is 27.7 Å². The molecule has 1 aromatic heterocycles. The molecule has 23 heavy (non-hydrogen) atoms. The number of aryl methyl sites for hydroxylation is 2. The Morgan fingerprint density at radius 2 is 2.00 bits per heavy atom. The van der Waals surface area contributed by atoms with Crippen LogP contribution in [0.5, 0.6) is 0 Å². The summed E-state index contributed by atoms with van der Waals surface area (Å²) in [5.74, 6) is -0.289. The van der Waals surface area contributed by atoms with E-state index in [1.54, 1.807) is 11.3 Å². The molecule has 0 N–H and O–H groups in total. The molecule has 0 amide bonds. The molecular formula is C19H28O3S. The molecule has 1 unspecified atom stereocenters. The van der Waals surface area contributed by atoms with Crippen LogP contribution >= 0.6 is 11.3 Å². The fourth-order valence-corrected chi connectivity index (χ4v) is 4.23. The van der Waals surface area contributed by atoms with Gasteiger partial charge in [0, 0.05) is 15.3 Å². The molecule has 0 spiro atoms. The lowest BCUT2D eigenvalue weighted by molar-refractivity contribution is -0.166. The SMILES string of the molecule is CCOC(=O)C(OC(C)(C)C)c1c(C)sc(C)c1C1=CCCC1. The topological polar surface area (TPSA) is 35.5 Å². The third-order valence-corrected chi connectivity index (χ3v) is 4.94. The van der Waals surface area contributed by atoms with E-state index in [4.69, 9.17) is 9.47 Å². The molecule has 1 aliphatic carbocycles. The zero-order valence-electron chi connectivity index (χ0n) is 15.1. The van der Waals surface area contributed by atoms with Crippen LogP contribution in [-0.4, -0.2) is 18.2 Å². The number of thiophene rings is 1.